The SMILES string of the molecule is CCCCC(CC)C(=O)Oc1ccc(C)c(O)c1C. The van der Waals surface area contributed by atoms with Gasteiger partial charge in [-0.2, -0.15) is 0 Å². The van der Waals surface area contributed by atoms with E-state index in [4.69, 9.17) is 4.74 Å². The molecule has 0 saturated carbocycles. The van der Waals surface area contributed by atoms with E-state index in [2.05, 4.69) is 6.92 Å². The minimum absolute atomic E-state index is 0.0530. The molecule has 1 aromatic rings. The van der Waals surface area contributed by atoms with Gasteiger partial charge in [-0.3, -0.25) is 4.79 Å². The van der Waals surface area contributed by atoms with Crippen LogP contribution in [0.2, 0.25) is 0 Å². The summed E-state index contributed by atoms with van der Waals surface area (Å²) < 4.78 is 5.43. The summed E-state index contributed by atoms with van der Waals surface area (Å²) in [6.45, 7) is 7.70. The molecule has 1 aromatic carbocycles. The molecule has 1 rings (SSSR count). The Kier molecular flexibility index (Phi) is 5.87. The average molecular weight is 264 g/mol. The Labute approximate surface area is 115 Å². The van der Waals surface area contributed by atoms with E-state index < -0.39 is 0 Å². The van der Waals surface area contributed by atoms with Crippen molar-refractivity contribution in [3.8, 4) is 11.5 Å². The maximum absolute atomic E-state index is 12.1. The molecular weight excluding hydrogens is 240 g/mol. The Hall–Kier alpha value is -1.51. The fraction of sp³-hybridized carbons (Fsp3) is 0.562. The first kappa shape index (κ1) is 15.5. The number of phenolic OH excluding ortho intramolecular Hbond substituents is 1. The Bertz CT molecular complexity index is 438. The van der Waals surface area contributed by atoms with Crippen LogP contribution in [0.4, 0.5) is 0 Å². The molecular formula is C16H24O3. The molecule has 0 aromatic heterocycles. The minimum atomic E-state index is -0.192. The van der Waals surface area contributed by atoms with Crippen LogP contribution in [0.25, 0.3) is 0 Å². The Balaban J connectivity index is 2.78. The van der Waals surface area contributed by atoms with Gasteiger partial charge in [0.15, 0.2) is 0 Å². The topological polar surface area (TPSA) is 46.5 Å². The molecule has 0 radical (unpaired) electrons. The zero-order chi connectivity index (χ0) is 14.4. The lowest BCUT2D eigenvalue weighted by Crippen LogP contribution is -2.20. The number of aryl methyl sites for hydroxylation is 1. The predicted molar refractivity (Wildman–Crippen MR) is 76.5 cm³/mol. The van der Waals surface area contributed by atoms with Crippen molar-refractivity contribution in [2.75, 3.05) is 0 Å². The summed E-state index contributed by atoms with van der Waals surface area (Å²) in [6, 6.07) is 3.51. The molecule has 0 bridgehead atoms. The molecule has 1 N–H and O–H groups in total. The van der Waals surface area contributed by atoms with Crippen molar-refractivity contribution in [3.05, 3.63) is 23.3 Å². The first-order valence-electron chi connectivity index (χ1n) is 7.02. The van der Waals surface area contributed by atoms with Crippen molar-refractivity contribution in [2.45, 2.75) is 53.4 Å². The van der Waals surface area contributed by atoms with Gasteiger partial charge in [0.05, 0.1) is 5.92 Å². The van der Waals surface area contributed by atoms with Crippen LogP contribution in [0.5, 0.6) is 11.5 Å². The van der Waals surface area contributed by atoms with E-state index >= 15 is 0 Å². The first-order chi connectivity index (χ1) is 9.01. The lowest BCUT2D eigenvalue weighted by atomic mass is 9.99. The largest absolute Gasteiger partial charge is 0.507 e. The second kappa shape index (κ2) is 7.17. The maximum atomic E-state index is 12.1. The fourth-order valence-corrected chi connectivity index (χ4v) is 2.06. The number of unbranched alkanes of at least 4 members (excludes halogenated alkanes) is 1. The van der Waals surface area contributed by atoms with Crippen LogP contribution >= 0.6 is 0 Å². The number of benzene rings is 1. The molecule has 106 valence electrons. The normalized spacial score (nSPS) is 12.2. The summed E-state index contributed by atoms with van der Waals surface area (Å²) in [5.41, 5.74) is 1.41. The molecule has 0 saturated heterocycles. The molecule has 3 heteroatoms. The van der Waals surface area contributed by atoms with E-state index in [0.29, 0.717) is 11.3 Å². The quantitative estimate of drug-likeness (QED) is 0.620. The van der Waals surface area contributed by atoms with Crippen molar-refractivity contribution in [1.29, 1.82) is 0 Å². The predicted octanol–water partition coefficient (Wildman–Crippen LogP) is 4.13. The third kappa shape index (κ3) is 3.98. The standard InChI is InChI=1S/C16H24O3/c1-5-7-8-13(6-2)16(18)19-14-10-9-11(3)15(17)12(14)4/h9-10,13,17H,5-8H2,1-4H3. The number of aromatic hydroxyl groups is 1. The Morgan fingerprint density at radius 1 is 1.32 bits per heavy atom. The van der Waals surface area contributed by atoms with Crippen LogP contribution in [-0.4, -0.2) is 11.1 Å². The van der Waals surface area contributed by atoms with Crippen molar-refractivity contribution in [2.24, 2.45) is 5.92 Å². The van der Waals surface area contributed by atoms with Crippen molar-refractivity contribution >= 4 is 5.97 Å². The Morgan fingerprint density at radius 2 is 2.00 bits per heavy atom. The van der Waals surface area contributed by atoms with Crippen molar-refractivity contribution < 1.29 is 14.6 Å². The number of carbonyl (C=O) groups excluding carboxylic acids is 1. The zero-order valence-corrected chi connectivity index (χ0v) is 12.3. The van der Waals surface area contributed by atoms with E-state index in [1.807, 2.05) is 13.8 Å². The van der Waals surface area contributed by atoms with E-state index in [-0.39, 0.29) is 17.6 Å². The van der Waals surface area contributed by atoms with E-state index in [1.54, 1.807) is 19.1 Å². The summed E-state index contributed by atoms with van der Waals surface area (Å²) in [5.74, 6) is 0.417. The molecule has 0 aliphatic carbocycles. The Morgan fingerprint density at radius 3 is 2.58 bits per heavy atom. The summed E-state index contributed by atoms with van der Waals surface area (Å²) in [4.78, 5) is 12.1. The van der Waals surface area contributed by atoms with Gasteiger partial charge in [-0.15, -0.1) is 0 Å². The highest BCUT2D eigenvalue weighted by molar-refractivity contribution is 5.75. The molecule has 3 nitrogen and oxygen atoms in total. The smallest absolute Gasteiger partial charge is 0.314 e. The molecule has 0 heterocycles. The highest BCUT2D eigenvalue weighted by atomic mass is 16.5. The summed E-state index contributed by atoms with van der Waals surface area (Å²) >= 11 is 0. The molecule has 0 fully saturated rings. The van der Waals surface area contributed by atoms with Gasteiger partial charge in [0.25, 0.3) is 0 Å². The number of hydrogen-bond acceptors (Lipinski definition) is 3. The van der Waals surface area contributed by atoms with Gasteiger partial charge in [0.1, 0.15) is 11.5 Å². The minimum Gasteiger partial charge on any atom is -0.507 e. The van der Waals surface area contributed by atoms with Gasteiger partial charge in [-0.05, 0) is 38.3 Å². The first-order valence-corrected chi connectivity index (χ1v) is 7.02. The number of rotatable bonds is 6. The highest BCUT2D eigenvalue weighted by Crippen LogP contribution is 2.30. The number of carbonyl (C=O) groups is 1. The van der Waals surface area contributed by atoms with Crippen molar-refractivity contribution in [1.82, 2.24) is 0 Å². The van der Waals surface area contributed by atoms with Gasteiger partial charge < -0.3 is 9.84 Å². The van der Waals surface area contributed by atoms with Gasteiger partial charge in [0, 0.05) is 5.56 Å². The van der Waals surface area contributed by atoms with Gasteiger partial charge in [-0.1, -0.05) is 32.8 Å². The lowest BCUT2D eigenvalue weighted by Gasteiger charge is -2.15. The monoisotopic (exact) mass is 264 g/mol. The molecule has 0 spiro atoms. The summed E-state index contributed by atoms with van der Waals surface area (Å²) in [6.07, 6.45) is 3.76. The third-order valence-electron chi connectivity index (χ3n) is 3.53. The van der Waals surface area contributed by atoms with Crippen LogP contribution < -0.4 is 4.74 Å². The van der Waals surface area contributed by atoms with Gasteiger partial charge in [-0.25, -0.2) is 0 Å². The van der Waals surface area contributed by atoms with E-state index in [0.717, 1.165) is 31.2 Å². The number of esters is 1. The van der Waals surface area contributed by atoms with Gasteiger partial charge in [0.2, 0.25) is 0 Å². The molecule has 0 amide bonds. The second-order valence-electron chi connectivity index (χ2n) is 5.02. The maximum Gasteiger partial charge on any atom is 0.314 e. The van der Waals surface area contributed by atoms with Crippen LogP contribution in [-0.2, 0) is 4.79 Å². The van der Waals surface area contributed by atoms with Crippen LogP contribution in [0.3, 0.4) is 0 Å². The summed E-state index contributed by atoms with van der Waals surface area (Å²) in [5, 5.41) is 9.85. The average Bonchev–Trinajstić information content (AvgIpc) is 2.40. The van der Waals surface area contributed by atoms with Crippen LogP contribution in [0.15, 0.2) is 12.1 Å². The number of ether oxygens (including phenoxy) is 1. The number of phenols is 1. The summed E-state index contributed by atoms with van der Waals surface area (Å²) in [7, 11) is 0. The van der Waals surface area contributed by atoms with Crippen LogP contribution in [0.1, 0.15) is 50.7 Å². The third-order valence-corrected chi connectivity index (χ3v) is 3.53. The molecule has 0 aliphatic rings. The zero-order valence-electron chi connectivity index (χ0n) is 12.3. The van der Waals surface area contributed by atoms with Crippen LogP contribution in [0, 0.1) is 19.8 Å². The molecule has 1 unspecified atom stereocenters. The molecule has 19 heavy (non-hydrogen) atoms. The van der Waals surface area contributed by atoms with E-state index in [1.165, 1.54) is 0 Å². The molecule has 0 aliphatic heterocycles. The van der Waals surface area contributed by atoms with Gasteiger partial charge >= 0.3 is 5.97 Å². The number of hydrogen-bond donors (Lipinski definition) is 1. The van der Waals surface area contributed by atoms with E-state index in [9.17, 15) is 9.90 Å². The molecule has 1 atom stereocenters. The van der Waals surface area contributed by atoms with Crippen molar-refractivity contribution in [3.63, 3.8) is 0 Å². The highest BCUT2D eigenvalue weighted by Gasteiger charge is 2.19. The lowest BCUT2D eigenvalue weighted by molar-refractivity contribution is -0.139. The fourth-order valence-electron chi connectivity index (χ4n) is 2.06. The second-order valence-corrected chi connectivity index (χ2v) is 5.02.